The lowest BCUT2D eigenvalue weighted by Crippen LogP contribution is -2.19. The molecule has 3 aromatic carbocycles. The van der Waals surface area contributed by atoms with Crippen LogP contribution < -0.4 is 14.2 Å². The normalized spacial score (nSPS) is 15.9. The number of aliphatic imine (C=N–C) groups is 1. The molecule has 1 N–H and O–H groups in total. The van der Waals surface area contributed by atoms with Crippen molar-refractivity contribution in [3.05, 3.63) is 87.8 Å². The highest BCUT2D eigenvalue weighted by molar-refractivity contribution is 8.18. The molecule has 3 aromatic rings. The van der Waals surface area contributed by atoms with Gasteiger partial charge in [-0.25, -0.2) is 4.99 Å². The predicted octanol–water partition coefficient (Wildman–Crippen LogP) is 5.71. The number of ether oxygens (including phenoxy) is 1. The highest BCUT2D eigenvalue weighted by Gasteiger charge is 2.24. The third-order valence-corrected chi connectivity index (χ3v) is 7.19. The van der Waals surface area contributed by atoms with Crippen molar-refractivity contribution >= 4 is 56.3 Å². The summed E-state index contributed by atoms with van der Waals surface area (Å²) < 4.78 is 36.3. The first-order chi connectivity index (χ1) is 16.7. The number of hydrogen-bond donors (Lipinski definition) is 1. The van der Waals surface area contributed by atoms with E-state index in [1.54, 1.807) is 25.1 Å². The molecule has 0 atom stereocenters. The van der Waals surface area contributed by atoms with E-state index in [-0.39, 0.29) is 22.3 Å². The first-order valence-electron chi connectivity index (χ1n) is 10.6. The first kappa shape index (κ1) is 24.8. The zero-order valence-electron chi connectivity index (χ0n) is 18.8. The van der Waals surface area contributed by atoms with Crippen LogP contribution in [0.1, 0.15) is 18.1 Å². The molecule has 1 aliphatic rings. The van der Waals surface area contributed by atoms with E-state index in [2.05, 4.69) is 10.3 Å². The largest absolute Gasteiger partial charge is 0.490 e. The van der Waals surface area contributed by atoms with Crippen molar-refractivity contribution in [1.82, 2.24) is 5.32 Å². The van der Waals surface area contributed by atoms with Gasteiger partial charge in [0.15, 0.2) is 16.7 Å². The maximum atomic E-state index is 12.7. The number of benzene rings is 3. The number of nitrogens with one attached hydrogen (secondary N) is 1. The molecule has 0 aliphatic carbocycles. The van der Waals surface area contributed by atoms with Crippen molar-refractivity contribution in [3.63, 3.8) is 0 Å². The predicted molar refractivity (Wildman–Crippen MR) is 139 cm³/mol. The minimum Gasteiger partial charge on any atom is -0.490 e. The SMILES string of the molecule is CCOc1cc(/C=C2\SC(=Nc3ccc(C)cc3)NC2=O)ccc1OS(=O)(=O)c1ccc(Cl)cc1. The molecule has 1 fully saturated rings. The molecule has 0 radical (unpaired) electrons. The van der Waals surface area contributed by atoms with E-state index in [9.17, 15) is 13.2 Å². The van der Waals surface area contributed by atoms with Crippen LogP contribution in [0.3, 0.4) is 0 Å². The van der Waals surface area contributed by atoms with Gasteiger partial charge in [-0.05, 0) is 85.8 Å². The van der Waals surface area contributed by atoms with Crippen molar-refractivity contribution in [3.8, 4) is 11.5 Å². The van der Waals surface area contributed by atoms with Crippen molar-refractivity contribution in [2.45, 2.75) is 18.7 Å². The van der Waals surface area contributed by atoms with Crippen LogP contribution in [0.15, 0.2) is 81.5 Å². The van der Waals surface area contributed by atoms with Gasteiger partial charge in [0.05, 0.1) is 17.2 Å². The molecule has 0 aromatic heterocycles. The molecule has 0 unspecified atom stereocenters. The number of amidine groups is 1. The van der Waals surface area contributed by atoms with Crippen LogP contribution in [0, 0.1) is 6.92 Å². The quantitative estimate of drug-likeness (QED) is 0.312. The van der Waals surface area contributed by atoms with E-state index >= 15 is 0 Å². The van der Waals surface area contributed by atoms with Gasteiger partial charge >= 0.3 is 10.1 Å². The van der Waals surface area contributed by atoms with E-state index in [1.807, 2.05) is 31.2 Å². The third-order valence-electron chi connectivity index (χ3n) is 4.78. The van der Waals surface area contributed by atoms with Gasteiger partial charge in [0.25, 0.3) is 5.91 Å². The van der Waals surface area contributed by atoms with Gasteiger partial charge in [-0.1, -0.05) is 35.4 Å². The summed E-state index contributed by atoms with van der Waals surface area (Å²) in [5, 5.41) is 3.64. The number of halogens is 1. The molecule has 0 saturated carbocycles. The monoisotopic (exact) mass is 528 g/mol. The van der Waals surface area contributed by atoms with E-state index in [0.717, 1.165) is 11.3 Å². The van der Waals surface area contributed by atoms with E-state index in [1.165, 1.54) is 42.1 Å². The summed E-state index contributed by atoms with van der Waals surface area (Å²) in [4.78, 5) is 17.3. The fraction of sp³-hybridized carbons (Fsp3) is 0.120. The van der Waals surface area contributed by atoms with Crippen molar-refractivity contribution in [1.29, 1.82) is 0 Å². The number of carbonyl (C=O) groups is 1. The maximum Gasteiger partial charge on any atom is 0.339 e. The molecule has 0 spiro atoms. The number of carbonyl (C=O) groups excluding carboxylic acids is 1. The summed E-state index contributed by atoms with van der Waals surface area (Å²) >= 11 is 7.06. The molecule has 1 amide bonds. The fourth-order valence-corrected chi connectivity index (χ4v) is 5.00. The van der Waals surface area contributed by atoms with Crippen LogP contribution in [-0.4, -0.2) is 26.1 Å². The van der Waals surface area contributed by atoms with Gasteiger partial charge < -0.3 is 14.2 Å². The highest BCUT2D eigenvalue weighted by Crippen LogP contribution is 2.34. The topological polar surface area (TPSA) is 94.1 Å². The van der Waals surface area contributed by atoms with Gasteiger partial charge in [-0.15, -0.1) is 0 Å². The zero-order valence-corrected chi connectivity index (χ0v) is 21.2. The average molecular weight is 529 g/mol. The Labute approximate surface area is 212 Å². The summed E-state index contributed by atoms with van der Waals surface area (Å²) in [6, 6.07) is 18.1. The lowest BCUT2D eigenvalue weighted by Gasteiger charge is -2.12. The van der Waals surface area contributed by atoms with E-state index in [4.69, 9.17) is 20.5 Å². The number of thioether (sulfide) groups is 1. The smallest absolute Gasteiger partial charge is 0.339 e. The Kier molecular flexibility index (Phi) is 7.49. The Hall–Kier alpha value is -3.27. The number of amides is 1. The minimum atomic E-state index is -4.09. The van der Waals surface area contributed by atoms with Crippen LogP contribution in [0.5, 0.6) is 11.5 Å². The number of hydrogen-bond acceptors (Lipinski definition) is 7. The molecule has 1 aliphatic heterocycles. The van der Waals surface area contributed by atoms with Gasteiger partial charge in [-0.3, -0.25) is 4.79 Å². The summed E-state index contributed by atoms with van der Waals surface area (Å²) in [6.07, 6.45) is 1.68. The summed E-state index contributed by atoms with van der Waals surface area (Å²) in [6.45, 7) is 4.06. The lowest BCUT2D eigenvalue weighted by molar-refractivity contribution is -0.115. The molecule has 0 bridgehead atoms. The van der Waals surface area contributed by atoms with Gasteiger partial charge in [0.2, 0.25) is 0 Å². The highest BCUT2D eigenvalue weighted by atomic mass is 35.5. The van der Waals surface area contributed by atoms with Crippen LogP contribution in [-0.2, 0) is 14.9 Å². The van der Waals surface area contributed by atoms with Gasteiger partial charge in [-0.2, -0.15) is 8.42 Å². The average Bonchev–Trinajstić information content (AvgIpc) is 3.16. The second kappa shape index (κ2) is 10.6. The molecule has 1 heterocycles. The summed E-state index contributed by atoms with van der Waals surface area (Å²) in [7, 11) is -4.09. The molecule has 10 heteroatoms. The Morgan fingerprint density at radius 2 is 1.74 bits per heavy atom. The number of aryl methyl sites for hydroxylation is 1. The fourth-order valence-electron chi connectivity index (χ4n) is 3.09. The molecule has 7 nitrogen and oxygen atoms in total. The number of nitrogens with zero attached hydrogens (tertiary/aromatic N) is 1. The molecule has 180 valence electrons. The molecular weight excluding hydrogens is 508 g/mol. The number of rotatable bonds is 7. The van der Waals surface area contributed by atoms with Gasteiger partial charge in [0, 0.05) is 5.02 Å². The summed E-state index contributed by atoms with van der Waals surface area (Å²) in [5.41, 5.74) is 2.50. The second-order valence-corrected chi connectivity index (χ2v) is 10.5. The Morgan fingerprint density at radius 3 is 2.43 bits per heavy atom. The Balaban J connectivity index is 1.57. The first-order valence-corrected chi connectivity index (χ1v) is 13.2. The van der Waals surface area contributed by atoms with Crippen LogP contribution >= 0.6 is 23.4 Å². The zero-order chi connectivity index (χ0) is 25.0. The second-order valence-electron chi connectivity index (χ2n) is 7.45. The van der Waals surface area contributed by atoms with Crippen molar-refractivity contribution in [2.24, 2.45) is 4.99 Å². The van der Waals surface area contributed by atoms with E-state index in [0.29, 0.717) is 27.3 Å². The van der Waals surface area contributed by atoms with Crippen LogP contribution in [0.25, 0.3) is 6.08 Å². The van der Waals surface area contributed by atoms with Crippen LogP contribution in [0.2, 0.25) is 5.02 Å². The lowest BCUT2D eigenvalue weighted by atomic mass is 10.2. The van der Waals surface area contributed by atoms with Crippen molar-refractivity contribution in [2.75, 3.05) is 6.61 Å². The van der Waals surface area contributed by atoms with Gasteiger partial charge in [0.1, 0.15) is 4.90 Å². The summed E-state index contributed by atoms with van der Waals surface area (Å²) in [5.74, 6) is -0.00472. The maximum absolute atomic E-state index is 12.7. The molecular formula is C25H21ClN2O5S2. The minimum absolute atomic E-state index is 0.0324. The molecule has 1 saturated heterocycles. The van der Waals surface area contributed by atoms with Crippen LogP contribution in [0.4, 0.5) is 5.69 Å². The Bertz CT molecular complexity index is 1420. The van der Waals surface area contributed by atoms with E-state index < -0.39 is 10.1 Å². The standard InChI is InChI=1S/C25H21ClN2O5S2/c1-3-32-22-14-17(6-13-21(22)33-35(30,31)20-11-7-18(26)8-12-20)15-23-24(29)28-25(34-23)27-19-9-4-16(2)5-10-19/h4-15H,3H2,1-2H3,(H,27,28,29)/b23-15-. The van der Waals surface area contributed by atoms with Crippen molar-refractivity contribution < 1.29 is 22.1 Å². The third kappa shape index (κ3) is 6.25. The Morgan fingerprint density at radius 1 is 1.03 bits per heavy atom. The molecule has 4 rings (SSSR count). The molecule has 35 heavy (non-hydrogen) atoms.